The summed E-state index contributed by atoms with van der Waals surface area (Å²) < 4.78 is 10.3. The van der Waals surface area contributed by atoms with Gasteiger partial charge in [0.15, 0.2) is 6.61 Å². The molecule has 0 saturated heterocycles. The molecule has 0 unspecified atom stereocenters. The molecule has 0 spiro atoms. The molecule has 0 bridgehead atoms. The van der Waals surface area contributed by atoms with E-state index in [9.17, 15) is 9.59 Å². The number of carbonyl (C=O) groups excluding carboxylic acids is 2. The van der Waals surface area contributed by atoms with E-state index < -0.39 is 18.5 Å². The number of aryl methyl sites for hydroxylation is 1. The van der Waals surface area contributed by atoms with Crippen molar-refractivity contribution >= 4 is 29.2 Å². The molecular weight excluding hydrogens is 330 g/mol. The number of esters is 1. The minimum absolute atomic E-state index is 0.347. The van der Waals surface area contributed by atoms with Gasteiger partial charge in [0.05, 0.1) is 22.9 Å². The van der Waals surface area contributed by atoms with Crippen molar-refractivity contribution in [2.24, 2.45) is 0 Å². The van der Waals surface area contributed by atoms with E-state index in [0.29, 0.717) is 28.6 Å². The summed E-state index contributed by atoms with van der Waals surface area (Å²) in [6.45, 7) is 3.93. The van der Waals surface area contributed by atoms with Gasteiger partial charge in [-0.05, 0) is 55.8 Å². The van der Waals surface area contributed by atoms with Crippen LogP contribution in [0.15, 0.2) is 42.5 Å². The van der Waals surface area contributed by atoms with Gasteiger partial charge in [-0.2, -0.15) is 0 Å². The van der Waals surface area contributed by atoms with Gasteiger partial charge in [-0.3, -0.25) is 4.79 Å². The van der Waals surface area contributed by atoms with Gasteiger partial charge in [0.2, 0.25) is 0 Å². The summed E-state index contributed by atoms with van der Waals surface area (Å²) in [4.78, 5) is 23.8. The van der Waals surface area contributed by atoms with E-state index in [1.165, 1.54) is 0 Å². The first kappa shape index (κ1) is 17.8. The largest absolute Gasteiger partial charge is 0.494 e. The minimum Gasteiger partial charge on any atom is -0.494 e. The predicted octanol–water partition coefficient (Wildman–Crippen LogP) is 3.84. The predicted molar refractivity (Wildman–Crippen MR) is 92.7 cm³/mol. The van der Waals surface area contributed by atoms with Gasteiger partial charge in [0.1, 0.15) is 5.75 Å². The average Bonchev–Trinajstić information content (AvgIpc) is 2.56. The SMILES string of the molecule is CCOc1ccc(C(=O)OCC(=O)Nc2ccc(C)cc2Cl)cc1. The molecule has 0 radical (unpaired) electrons. The highest BCUT2D eigenvalue weighted by molar-refractivity contribution is 6.33. The van der Waals surface area contributed by atoms with Crippen LogP contribution < -0.4 is 10.1 Å². The molecule has 2 aromatic rings. The molecule has 2 aromatic carbocycles. The molecule has 126 valence electrons. The Morgan fingerprint density at radius 1 is 1.12 bits per heavy atom. The smallest absolute Gasteiger partial charge is 0.338 e. The van der Waals surface area contributed by atoms with Crippen LogP contribution in [0.1, 0.15) is 22.8 Å². The molecule has 1 amide bonds. The molecule has 24 heavy (non-hydrogen) atoms. The number of nitrogens with one attached hydrogen (secondary N) is 1. The molecule has 1 N–H and O–H groups in total. The van der Waals surface area contributed by atoms with Crippen molar-refractivity contribution in [3.8, 4) is 5.75 Å². The zero-order valence-electron chi connectivity index (χ0n) is 13.5. The molecule has 0 atom stereocenters. The van der Waals surface area contributed by atoms with Crippen LogP contribution in [0.25, 0.3) is 0 Å². The van der Waals surface area contributed by atoms with Crippen LogP contribution in [0.2, 0.25) is 5.02 Å². The number of hydrogen-bond donors (Lipinski definition) is 1. The van der Waals surface area contributed by atoms with Gasteiger partial charge < -0.3 is 14.8 Å². The monoisotopic (exact) mass is 347 g/mol. The Kier molecular flexibility index (Phi) is 6.21. The Morgan fingerprint density at radius 2 is 1.83 bits per heavy atom. The van der Waals surface area contributed by atoms with E-state index in [1.807, 2.05) is 19.9 Å². The van der Waals surface area contributed by atoms with Crippen LogP contribution in [0.5, 0.6) is 5.75 Å². The first-order chi connectivity index (χ1) is 11.5. The van der Waals surface area contributed by atoms with Crippen molar-refractivity contribution in [2.75, 3.05) is 18.5 Å². The Morgan fingerprint density at radius 3 is 2.46 bits per heavy atom. The van der Waals surface area contributed by atoms with E-state index in [1.54, 1.807) is 36.4 Å². The fourth-order valence-electron chi connectivity index (χ4n) is 1.98. The molecule has 0 fully saturated rings. The summed E-state index contributed by atoms with van der Waals surface area (Å²) >= 11 is 6.04. The van der Waals surface area contributed by atoms with E-state index >= 15 is 0 Å². The zero-order chi connectivity index (χ0) is 17.5. The van der Waals surface area contributed by atoms with Crippen LogP contribution in [0, 0.1) is 6.92 Å². The van der Waals surface area contributed by atoms with Crippen molar-refractivity contribution in [3.63, 3.8) is 0 Å². The van der Waals surface area contributed by atoms with Crippen molar-refractivity contribution < 1.29 is 19.1 Å². The molecule has 0 saturated carbocycles. The van der Waals surface area contributed by atoms with Crippen molar-refractivity contribution in [2.45, 2.75) is 13.8 Å². The van der Waals surface area contributed by atoms with Crippen LogP contribution in [-0.4, -0.2) is 25.1 Å². The third-order valence-electron chi connectivity index (χ3n) is 3.13. The van der Waals surface area contributed by atoms with Gasteiger partial charge in [-0.25, -0.2) is 4.79 Å². The number of halogens is 1. The summed E-state index contributed by atoms with van der Waals surface area (Å²) in [5.41, 5.74) is 1.81. The van der Waals surface area contributed by atoms with Crippen molar-refractivity contribution in [1.29, 1.82) is 0 Å². The van der Waals surface area contributed by atoms with E-state index in [4.69, 9.17) is 21.1 Å². The van der Waals surface area contributed by atoms with Crippen LogP contribution in [0.4, 0.5) is 5.69 Å². The maximum atomic E-state index is 11.9. The number of rotatable bonds is 6. The Hall–Kier alpha value is -2.53. The van der Waals surface area contributed by atoms with E-state index in [2.05, 4.69) is 5.32 Å². The van der Waals surface area contributed by atoms with Crippen molar-refractivity contribution in [3.05, 3.63) is 58.6 Å². The quantitative estimate of drug-likeness (QED) is 0.806. The molecule has 5 nitrogen and oxygen atoms in total. The first-order valence-corrected chi connectivity index (χ1v) is 7.83. The zero-order valence-corrected chi connectivity index (χ0v) is 14.2. The summed E-state index contributed by atoms with van der Waals surface area (Å²) in [6, 6.07) is 11.8. The average molecular weight is 348 g/mol. The number of benzene rings is 2. The summed E-state index contributed by atoms with van der Waals surface area (Å²) in [7, 11) is 0. The lowest BCUT2D eigenvalue weighted by Gasteiger charge is -2.09. The van der Waals surface area contributed by atoms with Gasteiger partial charge in [-0.15, -0.1) is 0 Å². The number of amides is 1. The molecule has 0 aliphatic carbocycles. The number of anilines is 1. The molecule has 6 heteroatoms. The van der Waals surface area contributed by atoms with Gasteiger partial charge >= 0.3 is 5.97 Å². The number of carbonyl (C=O) groups is 2. The number of ether oxygens (including phenoxy) is 2. The molecule has 2 rings (SSSR count). The molecular formula is C18H18ClNO4. The fourth-order valence-corrected chi connectivity index (χ4v) is 2.26. The maximum absolute atomic E-state index is 11.9. The maximum Gasteiger partial charge on any atom is 0.338 e. The second kappa shape index (κ2) is 8.36. The summed E-state index contributed by atoms with van der Waals surface area (Å²) in [5.74, 6) is -0.371. The van der Waals surface area contributed by atoms with Crippen molar-refractivity contribution in [1.82, 2.24) is 0 Å². The van der Waals surface area contributed by atoms with E-state index in [0.717, 1.165) is 5.56 Å². The van der Waals surface area contributed by atoms with Gasteiger partial charge in [-0.1, -0.05) is 17.7 Å². The highest BCUT2D eigenvalue weighted by Gasteiger charge is 2.11. The molecule has 0 aliphatic rings. The fraction of sp³-hybridized carbons (Fsp3) is 0.222. The lowest BCUT2D eigenvalue weighted by molar-refractivity contribution is -0.119. The number of hydrogen-bond acceptors (Lipinski definition) is 4. The lowest BCUT2D eigenvalue weighted by atomic mass is 10.2. The van der Waals surface area contributed by atoms with E-state index in [-0.39, 0.29) is 0 Å². The summed E-state index contributed by atoms with van der Waals surface area (Å²) in [5, 5.41) is 3.03. The van der Waals surface area contributed by atoms with Crippen LogP contribution in [-0.2, 0) is 9.53 Å². The van der Waals surface area contributed by atoms with Gasteiger partial charge in [0, 0.05) is 0 Å². The minimum atomic E-state index is -0.580. The van der Waals surface area contributed by atoms with Gasteiger partial charge in [0.25, 0.3) is 5.91 Å². The molecule has 0 heterocycles. The highest BCUT2D eigenvalue weighted by Crippen LogP contribution is 2.22. The second-order valence-corrected chi connectivity index (χ2v) is 5.47. The second-order valence-electron chi connectivity index (χ2n) is 5.06. The topological polar surface area (TPSA) is 64.6 Å². The first-order valence-electron chi connectivity index (χ1n) is 7.45. The Labute approximate surface area is 145 Å². The normalized spacial score (nSPS) is 10.1. The third kappa shape index (κ3) is 4.99. The standard InChI is InChI=1S/C18H18ClNO4/c1-3-23-14-7-5-13(6-8-14)18(22)24-11-17(21)20-16-9-4-12(2)10-15(16)19/h4-10H,3,11H2,1-2H3,(H,20,21). The Balaban J connectivity index is 1.87. The summed E-state index contributed by atoms with van der Waals surface area (Å²) in [6.07, 6.45) is 0. The van der Waals surface area contributed by atoms with Crippen LogP contribution in [0.3, 0.4) is 0 Å². The molecule has 0 aliphatic heterocycles. The highest BCUT2D eigenvalue weighted by atomic mass is 35.5. The van der Waals surface area contributed by atoms with Crippen LogP contribution >= 0.6 is 11.6 Å². The Bertz CT molecular complexity index is 728. The molecule has 0 aromatic heterocycles. The lowest BCUT2D eigenvalue weighted by Crippen LogP contribution is -2.21. The third-order valence-corrected chi connectivity index (χ3v) is 3.45.